The molecule has 0 amide bonds. The number of ether oxygens (including phenoxy) is 1. The Morgan fingerprint density at radius 2 is 1.42 bits per heavy atom. The van der Waals surface area contributed by atoms with Gasteiger partial charge in [-0.1, -0.05) is 50.3 Å². The van der Waals surface area contributed by atoms with E-state index in [1.54, 1.807) is 7.11 Å². The molecular weight excluding hydrogens is 318 g/mol. The van der Waals surface area contributed by atoms with Crippen LogP contribution in [0.5, 0.6) is 5.75 Å². The zero-order valence-corrected chi connectivity index (χ0v) is 16.7. The van der Waals surface area contributed by atoms with Gasteiger partial charge in [0.15, 0.2) is 0 Å². The fourth-order valence-corrected chi connectivity index (χ4v) is 6.12. The van der Waals surface area contributed by atoms with Crippen molar-refractivity contribution < 1.29 is 4.74 Å². The van der Waals surface area contributed by atoms with Gasteiger partial charge in [-0.05, 0) is 81.0 Å². The summed E-state index contributed by atoms with van der Waals surface area (Å²) >= 11 is 0. The molecule has 26 heavy (non-hydrogen) atoms. The van der Waals surface area contributed by atoms with Gasteiger partial charge in [0.2, 0.25) is 0 Å². The summed E-state index contributed by atoms with van der Waals surface area (Å²) in [5, 5.41) is 0. The van der Waals surface area contributed by atoms with Crippen LogP contribution in [0.4, 0.5) is 0 Å². The lowest BCUT2D eigenvalue weighted by Gasteiger charge is -2.43. The SMILES string of the molecule is COc1ccccc1C1CCN(C2CCC(C3CCCCC3)CC2)CC1. The quantitative estimate of drug-likeness (QED) is 0.655. The molecule has 4 rings (SSSR count). The molecule has 0 atom stereocenters. The van der Waals surface area contributed by atoms with Crippen molar-refractivity contribution in [3.05, 3.63) is 29.8 Å². The van der Waals surface area contributed by atoms with Crippen molar-refractivity contribution >= 4 is 0 Å². The Kier molecular flexibility index (Phi) is 6.20. The van der Waals surface area contributed by atoms with E-state index in [0.717, 1.165) is 23.6 Å². The fraction of sp³-hybridized carbons (Fsp3) is 0.750. The number of piperidine rings is 1. The van der Waals surface area contributed by atoms with Crippen LogP contribution in [0, 0.1) is 11.8 Å². The first-order valence-corrected chi connectivity index (χ1v) is 11.2. The molecule has 2 nitrogen and oxygen atoms in total. The monoisotopic (exact) mass is 355 g/mol. The molecule has 0 unspecified atom stereocenters. The van der Waals surface area contributed by atoms with E-state index < -0.39 is 0 Å². The molecule has 0 radical (unpaired) electrons. The van der Waals surface area contributed by atoms with Crippen LogP contribution in [0.1, 0.15) is 82.1 Å². The molecule has 2 saturated carbocycles. The minimum Gasteiger partial charge on any atom is -0.496 e. The minimum atomic E-state index is 0.681. The average Bonchev–Trinajstić information content (AvgIpc) is 2.74. The first-order chi connectivity index (χ1) is 12.8. The van der Waals surface area contributed by atoms with Gasteiger partial charge < -0.3 is 9.64 Å². The maximum absolute atomic E-state index is 5.60. The predicted octanol–water partition coefficient (Wildman–Crippen LogP) is 6.01. The van der Waals surface area contributed by atoms with Gasteiger partial charge in [0.05, 0.1) is 7.11 Å². The van der Waals surface area contributed by atoms with Crippen molar-refractivity contribution in [2.45, 2.75) is 82.6 Å². The molecule has 0 N–H and O–H groups in total. The zero-order valence-electron chi connectivity index (χ0n) is 16.7. The van der Waals surface area contributed by atoms with E-state index >= 15 is 0 Å². The number of methoxy groups -OCH3 is 1. The number of likely N-dealkylation sites (tertiary alicyclic amines) is 1. The molecule has 1 heterocycles. The van der Waals surface area contributed by atoms with E-state index in [0.29, 0.717) is 5.92 Å². The Bertz CT molecular complexity index is 549. The highest BCUT2D eigenvalue weighted by molar-refractivity contribution is 5.36. The van der Waals surface area contributed by atoms with E-state index in [-0.39, 0.29) is 0 Å². The smallest absolute Gasteiger partial charge is 0.122 e. The Labute approximate surface area is 160 Å². The molecule has 1 aromatic rings. The number of rotatable bonds is 4. The van der Waals surface area contributed by atoms with Gasteiger partial charge in [-0.15, -0.1) is 0 Å². The van der Waals surface area contributed by atoms with Crippen LogP contribution in [0.25, 0.3) is 0 Å². The third-order valence-corrected chi connectivity index (χ3v) is 7.68. The molecule has 3 aliphatic rings. The maximum atomic E-state index is 5.60. The Balaban J connectivity index is 1.26. The van der Waals surface area contributed by atoms with Crippen LogP contribution in [0.3, 0.4) is 0 Å². The van der Waals surface area contributed by atoms with E-state index in [2.05, 4.69) is 29.2 Å². The fourth-order valence-electron chi connectivity index (χ4n) is 6.12. The standard InChI is InChI=1S/C24H37NO/c1-26-24-10-6-5-9-23(24)21-15-17-25(18-16-21)22-13-11-20(12-14-22)19-7-3-2-4-8-19/h5-6,9-10,19-22H,2-4,7-8,11-18H2,1H3. The average molecular weight is 356 g/mol. The lowest BCUT2D eigenvalue weighted by atomic mass is 9.72. The zero-order chi connectivity index (χ0) is 17.8. The van der Waals surface area contributed by atoms with Crippen LogP contribution in [0.15, 0.2) is 24.3 Å². The lowest BCUT2D eigenvalue weighted by Crippen LogP contribution is -2.43. The van der Waals surface area contributed by atoms with Gasteiger partial charge >= 0.3 is 0 Å². The van der Waals surface area contributed by atoms with Gasteiger partial charge in [0.1, 0.15) is 5.75 Å². The third kappa shape index (κ3) is 4.11. The van der Waals surface area contributed by atoms with Crippen LogP contribution in [-0.4, -0.2) is 31.1 Å². The summed E-state index contributed by atoms with van der Waals surface area (Å²) in [7, 11) is 1.80. The first-order valence-electron chi connectivity index (χ1n) is 11.2. The van der Waals surface area contributed by atoms with Crippen LogP contribution in [0.2, 0.25) is 0 Å². The van der Waals surface area contributed by atoms with Gasteiger partial charge in [-0.25, -0.2) is 0 Å². The van der Waals surface area contributed by atoms with Crippen LogP contribution >= 0.6 is 0 Å². The van der Waals surface area contributed by atoms with E-state index in [4.69, 9.17) is 4.74 Å². The third-order valence-electron chi connectivity index (χ3n) is 7.68. The lowest BCUT2D eigenvalue weighted by molar-refractivity contribution is 0.0866. The van der Waals surface area contributed by atoms with Crippen LogP contribution in [-0.2, 0) is 0 Å². The van der Waals surface area contributed by atoms with Gasteiger partial charge in [-0.2, -0.15) is 0 Å². The Morgan fingerprint density at radius 3 is 2.12 bits per heavy atom. The molecule has 0 aromatic heterocycles. The number of nitrogens with zero attached hydrogens (tertiary/aromatic N) is 1. The molecular formula is C24H37NO. The molecule has 0 bridgehead atoms. The highest BCUT2D eigenvalue weighted by Gasteiger charge is 2.32. The van der Waals surface area contributed by atoms with Crippen molar-refractivity contribution in [2.24, 2.45) is 11.8 Å². The molecule has 3 fully saturated rings. The second-order valence-corrected chi connectivity index (χ2v) is 9.02. The molecule has 1 aromatic carbocycles. The maximum Gasteiger partial charge on any atom is 0.122 e. The largest absolute Gasteiger partial charge is 0.496 e. The highest BCUT2D eigenvalue weighted by atomic mass is 16.5. The summed E-state index contributed by atoms with van der Waals surface area (Å²) in [6.45, 7) is 2.56. The second-order valence-electron chi connectivity index (χ2n) is 9.02. The van der Waals surface area contributed by atoms with Crippen molar-refractivity contribution in [2.75, 3.05) is 20.2 Å². The number of hydrogen-bond acceptors (Lipinski definition) is 2. The molecule has 2 heteroatoms. The summed E-state index contributed by atoms with van der Waals surface area (Å²) < 4.78 is 5.60. The second kappa shape index (κ2) is 8.78. The van der Waals surface area contributed by atoms with Gasteiger partial charge in [-0.3, -0.25) is 0 Å². The van der Waals surface area contributed by atoms with Gasteiger partial charge in [0, 0.05) is 6.04 Å². The topological polar surface area (TPSA) is 12.5 Å². The minimum absolute atomic E-state index is 0.681. The number of para-hydroxylation sites is 1. The molecule has 144 valence electrons. The Morgan fingerprint density at radius 1 is 0.769 bits per heavy atom. The van der Waals surface area contributed by atoms with E-state index in [9.17, 15) is 0 Å². The normalized spacial score (nSPS) is 29.6. The first kappa shape index (κ1) is 18.3. The highest BCUT2D eigenvalue weighted by Crippen LogP contribution is 2.41. The van der Waals surface area contributed by atoms with Crippen molar-refractivity contribution in [1.82, 2.24) is 4.90 Å². The summed E-state index contributed by atoms with van der Waals surface area (Å²) in [4.78, 5) is 2.82. The van der Waals surface area contributed by atoms with Crippen molar-refractivity contribution in [1.29, 1.82) is 0 Å². The molecule has 1 aliphatic heterocycles. The molecule has 1 saturated heterocycles. The number of benzene rings is 1. The summed E-state index contributed by atoms with van der Waals surface area (Å²) in [6.07, 6.45) is 16.1. The van der Waals surface area contributed by atoms with Crippen LogP contribution < -0.4 is 4.74 Å². The summed E-state index contributed by atoms with van der Waals surface area (Å²) in [5.41, 5.74) is 1.43. The Hall–Kier alpha value is -1.02. The van der Waals surface area contributed by atoms with Crippen molar-refractivity contribution in [3.63, 3.8) is 0 Å². The van der Waals surface area contributed by atoms with E-state index in [1.807, 2.05) is 0 Å². The van der Waals surface area contributed by atoms with E-state index in [1.165, 1.54) is 89.3 Å². The predicted molar refractivity (Wildman–Crippen MR) is 109 cm³/mol. The van der Waals surface area contributed by atoms with Gasteiger partial charge in [0.25, 0.3) is 0 Å². The summed E-state index contributed by atoms with van der Waals surface area (Å²) in [6, 6.07) is 9.51. The van der Waals surface area contributed by atoms with Crippen molar-refractivity contribution in [3.8, 4) is 5.75 Å². The number of hydrogen-bond donors (Lipinski definition) is 0. The molecule has 2 aliphatic carbocycles. The summed E-state index contributed by atoms with van der Waals surface area (Å²) in [5.74, 6) is 3.89. The molecule has 0 spiro atoms.